The summed E-state index contributed by atoms with van der Waals surface area (Å²) < 4.78 is 59.8. The van der Waals surface area contributed by atoms with E-state index >= 15 is 0 Å². The first-order valence-corrected chi connectivity index (χ1v) is 11.3. The van der Waals surface area contributed by atoms with Crippen molar-refractivity contribution in [3.8, 4) is 11.5 Å². The molecule has 0 saturated heterocycles. The Morgan fingerprint density at radius 3 is 2.24 bits per heavy atom. The maximum absolute atomic E-state index is 13.0. The molecule has 0 spiro atoms. The fourth-order valence-corrected chi connectivity index (χ4v) is 4.23. The number of alkyl halides is 2. The van der Waals surface area contributed by atoms with E-state index < -0.39 is 22.4 Å². The summed E-state index contributed by atoms with van der Waals surface area (Å²) in [7, 11) is -2.51. The van der Waals surface area contributed by atoms with Gasteiger partial charge in [0.2, 0.25) is 15.7 Å². The van der Waals surface area contributed by atoms with Crippen molar-refractivity contribution >= 4 is 39.1 Å². The number of halogens is 3. The van der Waals surface area contributed by atoms with Crippen molar-refractivity contribution in [3.63, 3.8) is 0 Å². The zero-order valence-corrected chi connectivity index (χ0v) is 18.7. The molecule has 33 heavy (non-hydrogen) atoms. The molecule has 0 bridgehead atoms. The zero-order chi connectivity index (χ0) is 24.0. The molecule has 0 aromatic heterocycles. The second kappa shape index (κ2) is 10.5. The summed E-state index contributed by atoms with van der Waals surface area (Å²) in [5.41, 5.74) is 0.778. The second-order valence-corrected chi connectivity index (χ2v) is 9.01. The summed E-state index contributed by atoms with van der Waals surface area (Å²) in [4.78, 5) is 12.3. The molecule has 1 N–H and O–H groups in total. The van der Waals surface area contributed by atoms with Crippen LogP contribution in [0.5, 0.6) is 11.5 Å². The van der Waals surface area contributed by atoms with E-state index in [0.29, 0.717) is 10.6 Å². The fourth-order valence-electron chi connectivity index (χ4n) is 2.78. The topological polar surface area (TPSA) is 81.7 Å². The summed E-state index contributed by atoms with van der Waals surface area (Å²) in [6, 6.07) is 15.5. The van der Waals surface area contributed by atoms with Gasteiger partial charge in [0.15, 0.2) is 0 Å². The van der Waals surface area contributed by atoms with Gasteiger partial charge in [0.05, 0.1) is 16.9 Å². The predicted octanol–water partition coefficient (Wildman–Crippen LogP) is 5.43. The Labute approximate surface area is 194 Å². The van der Waals surface area contributed by atoms with Crippen LogP contribution in [-0.4, -0.2) is 28.0 Å². The molecule has 0 unspecified atom stereocenters. The molecule has 1 amide bonds. The van der Waals surface area contributed by atoms with Gasteiger partial charge in [-0.1, -0.05) is 23.7 Å². The smallest absolute Gasteiger partial charge is 0.387 e. The van der Waals surface area contributed by atoms with Crippen molar-refractivity contribution in [3.05, 3.63) is 83.4 Å². The number of rotatable bonds is 8. The van der Waals surface area contributed by atoms with E-state index in [4.69, 9.17) is 16.3 Å². The Morgan fingerprint density at radius 2 is 1.64 bits per heavy atom. The summed E-state index contributed by atoms with van der Waals surface area (Å²) in [6.45, 7) is -2.92. The third-order valence-electron chi connectivity index (χ3n) is 4.35. The maximum Gasteiger partial charge on any atom is 0.387 e. The SMILES string of the molecule is COc1cc(NC(=O)/C=C\c2ccc(OC(F)F)cc2)cc(S(=O)(=O)c2ccc(Cl)cc2)c1. The lowest BCUT2D eigenvalue weighted by atomic mass is 10.2. The van der Waals surface area contributed by atoms with Gasteiger partial charge in [0.1, 0.15) is 11.5 Å². The molecule has 0 aliphatic heterocycles. The van der Waals surface area contributed by atoms with Crippen molar-refractivity contribution in [2.45, 2.75) is 16.4 Å². The van der Waals surface area contributed by atoms with Crippen molar-refractivity contribution in [1.82, 2.24) is 0 Å². The molecule has 0 heterocycles. The van der Waals surface area contributed by atoms with Crippen LogP contribution < -0.4 is 14.8 Å². The third-order valence-corrected chi connectivity index (χ3v) is 6.35. The lowest BCUT2D eigenvalue weighted by Gasteiger charge is -2.11. The monoisotopic (exact) mass is 493 g/mol. The molecule has 10 heteroatoms. The number of sulfone groups is 1. The molecule has 172 valence electrons. The molecule has 0 atom stereocenters. The van der Waals surface area contributed by atoms with Crippen LogP contribution in [0, 0.1) is 0 Å². The second-order valence-electron chi connectivity index (χ2n) is 6.62. The molecule has 0 aliphatic carbocycles. The van der Waals surface area contributed by atoms with E-state index in [1.54, 1.807) is 0 Å². The Bertz CT molecular complexity index is 1260. The number of anilines is 1. The van der Waals surface area contributed by atoms with Crippen molar-refractivity contribution in [1.29, 1.82) is 0 Å². The van der Waals surface area contributed by atoms with Crippen LogP contribution in [0.2, 0.25) is 5.02 Å². The molecular weight excluding hydrogens is 476 g/mol. The number of ether oxygens (including phenoxy) is 2. The third kappa shape index (κ3) is 6.53. The standard InChI is InChI=1S/C23H18ClF2NO5S/c1-31-19-12-17(13-21(14-19)33(29,30)20-9-5-16(24)6-10-20)27-22(28)11-4-15-2-7-18(8-3-15)32-23(25)26/h2-14,23H,1H3,(H,27,28)/b11-4-. The highest BCUT2D eigenvalue weighted by molar-refractivity contribution is 7.91. The average Bonchev–Trinajstić information content (AvgIpc) is 2.78. The molecule has 3 rings (SSSR count). The highest BCUT2D eigenvalue weighted by Crippen LogP contribution is 2.29. The van der Waals surface area contributed by atoms with Gasteiger partial charge in [-0.15, -0.1) is 0 Å². The van der Waals surface area contributed by atoms with Gasteiger partial charge in [0, 0.05) is 22.9 Å². The van der Waals surface area contributed by atoms with Crippen LogP contribution in [0.3, 0.4) is 0 Å². The van der Waals surface area contributed by atoms with Crippen LogP contribution in [0.15, 0.2) is 82.6 Å². The van der Waals surface area contributed by atoms with Crippen LogP contribution in [0.25, 0.3) is 6.08 Å². The molecule has 3 aromatic carbocycles. The summed E-state index contributed by atoms with van der Waals surface area (Å²) in [5.74, 6) is -0.303. The number of nitrogens with one attached hydrogen (secondary N) is 1. The molecular formula is C23H18ClF2NO5S. The first kappa shape index (κ1) is 24.2. The van der Waals surface area contributed by atoms with E-state index in [1.165, 1.54) is 86.0 Å². The van der Waals surface area contributed by atoms with Gasteiger partial charge in [-0.2, -0.15) is 8.78 Å². The maximum atomic E-state index is 13.0. The highest BCUT2D eigenvalue weighted by Gasteiger charge is 2.20. The van der Waals surface area contributed by atoms with Crippen LogP contribution in [0.4, 0.5) is 14.5 Å². The largest absolute Gasteiger partial charge is 0.497 e. The molecule has 0 radical (unpaired) electrons. The van der Waals surface area contributed by atoms with Gasteiger partial charge >= 0.3 is 6.61 Å². The quantitative estimate of drug-likeness (QED) is 0.423. The highest BCUT2D eigenvalue weighted by atomic mass is 35.5. The van der Waals surface area contributed by atoms with Crippen molar-refractivity contribution in [2.24, 2.45) is 0 Å². The van der Waals surface area contributed by atoms with Crippen molar-refractivity contribution < 1.29 is 31.5 Å². The van der Waals surface area contributed by atoms with Gasteiger partial charge in [-0.25, -0.2) is 8.42 Å². The van der Waals surface area contributed by atoms with Crippen LogP contribution in [-0.2, 0) is 14.6 Å². The average molecular weight is 494 g/mol. The Balaban J connectivity index is 1.78. The first-order valence-electron chi connectivity index (χ1n) is 9.41. The van der Waals surface area contributed by atoms with Gasteiger partial charge in [0.25, 0.3) is 0 Å². The number of amides is 1. The Kier molecular flexibility index (Phi) is 7.67. The minimum atomic E-state index is -3.89. The number of methoxy groups -OCH3 is 1. The normalized spacial score (nSPS) is 11.5. The van der Waals surface area contributed by atoms with Crippen LogP contribution >= 0.6 is 11.6 Å². The van der Waals surface area contributed by atoms with Gasteiger partial charge < -0.3 is 14.8 Å². The number of carbonyl (C=O) groups is 1. The van der Waals surface area contributed by atoms with Crippen molar-refractivity contribution in [2.75, 3.05) is 12.4 Å². The van der Waals surface area contributed by atoms with E-state index in [0.717, 1.165) is 0 Å². The van der Waals surface area contributed by atoms with Gasteiger partial charge in [-0.05, 0) is 60.2 Å². The lowest BCUT2D eigenvalue weighted by Crippen LogP contribution is -2.09. The molecule has 6 nitrogen and oxygen atoms in total. The molecule has 0 aliphatic rings. The minimum Gasteiger partial charge on any atom is -0.497 e. The fraction of sp³-hybridized carbons (Fsp3) is 0.0870. The summed E-state index contributed by atoms with van der Waals surface area (Å²) in [6.07, 6.45) is 2.68. The van der Waals surface area contributed by atoms with E-state index in [2.05, 4.69) is 10.1 Å². The number of benzene rings is 3. The Morgan fingerprint density at radius 1 is 0.970 bits per heavy atom. The molecule has 0 fully saturated rings. The number of carbonyl (C=O) groups excluding carboxylic acids is 1. The predicted molar refractivity (Wildman–Crippen MR) is 121 cm³/mol. The summed E-state index contributed by atoms with van der Waals surface area (Å²) in [5, 5.41) is 2.98. The summed E-state index contributed by atoms with van der Waals surface area (Å²) >= 11 is 5.83. The Hall–Kier alpha value is -3.43. The van der Waals surface area contributed by atoms with Gasteiger partial charge in [-0.3, -0.25) is 4.79 Å². The zero-order valence-electron chi connectivity index (χ0n) is 17.2. The lowest BCUT2D eigenvalue weighted by molar-refractivity contribution is -0.111. The van der Waals surface area contributed by atoms with Crippen LogP contribution in [0.1, 0.15) is 5.56 Å². The van der Waals surface area contributed by atoms with E-state index in [9.17, 15) is 22.0 Å². The van der Waals surface area contributed by atoms with E-state index in [1.807, 2.05) is 0 Å². The molecule has 0 saturated carbocycles. The minimum absolute atomic E-state index is 0.00240. The number of hydrogen-bond donors (Lipinski definition) is 1. The molecule has 3 aromatic rings. The first-order chi connectivity index (χ1) is 15.7. The van der Waals surface area contributed by atoms with E-state index in [-0.39, 0.29) is 27.0 Å². The number of hydrogen-bond acceptors (Lipinski definition) is 5.